The van der Waals surface area contributed by atoms with Crippen molar-refractivity contribution >= 4 is 5.97 Å². The van der Waals surface area contributed by atoms with Gasteiger partial charge in [-0.1, -0.05) is 49.4 Å². The van der Waals surface area contributed by atoms with Crippen molar-refractivity contribution in [2.45, 2.75) is 58.1 Å². The lowest BCUT2D eigenvalue weighted by molar-refractivity contribution is -0.696. The van der Waals surface area contributed by atoms with E-state index >= 15 is 0 Å². The third-order valence-electron chi connectivity index (χ3n) is 7.39. The van der Waals surface area contributed by atoms with Crippen LogP contribution in [0.15, 0.2) is 42.5 Å². The van der Waals surface area contributed by atoms with Crippen LogP contribution in [0.4, 0.5) is 0 Å². The van der Waals surface area contributed by atoms with Gasteiger partial charge in [0.05, 0.1) is 6.54 Å². The van der Waals surface area contributed by atoms with Gasteiger partial charge >= 0.3 is 5.97 Å². The average Bonchev–Trinajstić information content (AvgIpc) is 2.92. The summed E-state index contributed by atoms with van der Waals surface area (Å²) in [5, 5.41) is 2.31. The number of rotatable bonds is 4. The molecule has 0 bridgehead atoms. The van der Waals surface area contributed by atoms with Crippen LogP contribution in [0.2, 0.25) is 0 Å². The van der Waals surface area contributed by atoms with Crippen molar-refractivity contribution in [2.75, 3.05) is 6.54 Å². The summed E-state index contributed by atoms with van der Waals surface area (Å²) in [6, 6.07) is 10.9. The van der Waals surface area contributed by atoms with E-state index in [1.807, 2.05) is 6.07 Å². The van der Waals surface area contributed by atoms with E-state index in [9.17, 15) is 4.79 Å². The van der Waals surface area contributed by atoms with Crippen molar-refractivity contribution in [1.82, 2.24) is 0 Å². The molecule has 0 amide bonds. The Morgan fingerprint density at radius 1 is 1.35 bits per heavy atom. The number of hydrogen-bond donors (Lipinski definition) is 1. The van der Waals surface area contributed by atoms with Gasteiger partial charge in [0.25, 0.3) is 0 Å². The molecule has 1 aromatic rings. The van der Waals surface area contributed by atoms with Crippen molar-refractivity contribution in [3.63, 3.8) is 0 Å². The smallest absolute Gasteiger partial charge is 0.315 e. The fourth-order valence-corrected chi connectivity index (χ4v) is 5.77. The van der Waals surface area contributed by atoms with Gasteiger partial charge in [0.15, 0.2) is 0 Å². The second-order valence-corrected chi connectivity index (χ2v) is 9.07. The van der Waals surface area contributed by atoms with Gasteiger partial charge in [0, 0.05) is 11.5 Å². The Morgan fingerprint density at radius 3 is 2.88 bits per heavy atom. The van der Waals surface area contributed by atoms with Crippen LogP contribution in [0.3, 0.4) is 0 Å². The maximum absolute atomic E-state index is 12.6. The molecule has 0 spiro atoms. The summed E-state index contributed by atoms with van der Waals surface area (Å²) < 4.78 is 5.88. The van der Waals surface area contributed by atoms with Gasteiger partial charge in [-0.15, -0.1) is 0 Å². The molecule has 2 aliphatic carbocycles. The molecule has 1 aliphatic heterocycles. The van der Waals surface area contributed by atoms with Crippen LogP contribution in [0, 0.1) is 23.2 Å². The molecule has 2 saturated carbocycles. The number of benzene rings is 1. The van der Waals surface area contributed by atoms with Crippen molar-refractivity contribution in [3.05, 3.63) is 48.0 Å². The highest BCUT2D eigenvalue weighted by Gasteiger charge is 2.55. The molecule has 3 heteroatoms. The molecule has 2 N–H and O–H groups in total. The topological polar surface area (TPSA) is 42.9 Å². The number of hydrogen-bond acceptors (Lipinski definition) is 2. The van der Waals surface area contributed by atoms with Gasteiger partial charge < -0.3 is 10.1 Å². The molecule has 3 fully saturated rings. The molecule has 26 heavy (non-hydrogen) atoms. The minimum absolute atomic E-state index is 0.0318. The van der Waals surface area contributed by atoms with Gasteiger partial charge in [-0.25, -0.2) is 0 Å². The molecule has 1 aromatic carbocycles. The molecule has 4 rings (SSSR count). The molecule has 3 aliphatic rings. The van der Waals surface area contributed by atoms with Gasteiger partial charge in [-0.2, -0.15) is 0 Å². The van der Waals surface area contributed by atoms with Crippen molar-refractivity contribution in [2.24, 2.45) is 23.2 Å². The summed E-state index contributed by atoms with van der Waals surface area (Å²) in [4.78, 5) is 12.6. The Labute approximate surface area is 157 Å². The summed E-state index contributed by atoms with van der Waals surface area (Å²) in [5.41, 5.74) is 3.01. The Bertz CT molecular complexity index is 685. The zero-order chi connectivity index (χ0) is 18.3. The van der Waals surface area contributed by atoms with E-state index in [1.54, 1.807) is 0 Å². The van der Waals surface area contributed by atoms with Crippen LogP contribution < -0.4 is 5.32 Å². The number of esters is 1. The number of fused-ring (bicyclic) bond motifs is 2. The molecular weight excluding hydrogens is 322 g/mol. The molecule has 1 heterocycles. The predicted octanol–water partition coefficient (Wildman–Crippen LogP) is 3.63. The largest absolute Gasteiger partial charge is 0.462 e. The number of allylic oxidation sites excluding steroid dienone is 1. The third kappa shape index (κ3) is 3.11. The van der Waals surface area contributed by atoms with E-state index in [1.165, 1.54) is 24.0 Å². The first-order valence-electron chi connectivity index (χ1n) is 10.2. The summed E-state index contributed by atoms with van der Waals surface area (Å²) in [5.74, 6) is 1.01. The lowest BCUT2D eigenvalue weighted by Gasteiger charge is -2.49. The molecule has 6 atom stereocenters. The van der Waals surface area contributed by atoms with Gasteiger partial charge in [0.2, 0.25) is 0 Å². The van der Waals surface area contributed by atoms with Crippen LogP contribution in [-0.2, 0) is 9.53 Å². The van der Waals surface area contributed by atoms with Crippen LogP contribution >= 0.6 is 0 Å². The zero-order valence-corrected chi connectivity index (χ0v) is 16.1. The molecule has 140 valence electrons. The lowest BCUT2D eigenvalue weighted by Crippen LogP contribution is -2.86. The quantitative estimate of drug-likeness (QED) is 0.663. The molecule has 1 saturated heterocycles. The highest BCUT2D eigenvalue weighted by Crippen LogP contribution is 2.56. The Kier molecular flexibility index (Phi) is 4.68. The minimum Gasteiger partial charge on any atom is -0.462 e. The van der Waals surface area contributed by atoms with Gasteiger partial charge in [-0.3, -0.25) is 4.79 Å². The van der Waals surface area contributed by atoms with Gasteiger partial charge in [0.1, 0.15) is 18.1 Å². The second-order valence-electron chi connectivity index (χ2n) is 9.07. The summed E-state index contributed by atoms with van der Waals surface area (Å²) in [6.07, 6.45) is 5.89. The maximum Gasteiger partial charge on any atom is 0.315 e. The fraction of sp³-hybridized carbons (Fsp3) is 0.609. The summed E-state index contributed by atoms with van der Waals surface area (Å²) >= 11 is 0. The number of carbonyl (C=O) groups excluding carboxylic acids is 1. The average molecular weight is 355 g/mol. The first kappa shape index (κ1) is 17.8. The van der Waals surface area contributed by atoms with E-state index in [2.05, 4.69) is 50.0 Å². The summed E-state index contributed by atoms with van der Waals surface area (Å²) in [6.45, 7) is 9.82. The van der Waals surface area contributed by atoms with Crippen molar-refractivity contribution < 1.29 is 14.8 Å². The molecule has 0 radical (unpaired) electrons. The standard InChI is InChI=1S/C23H31NO2/c1-15-8-7-11-23(3)13-21-18(12-20(15)23)19(22(25)26-21)14-24-16(2)17-9-5-4-6-10-17/h4-6,9-10,16,18-21,24H,1,7-8,11-14H2,2-3H3/p+1/t16-,18+,19+,20-,21+,23+/m0/s1. The van der Waals surface area contributed by atoms with E-state index in [4.69, 9.17) is 4.74 Å². The van der Waals surface area contributed by atoms with Crippen LogP contribution in [-0.4, -0.2) is 18.6 Å². The third-order valence-corrected chi connectivity index (χ3v) is 7.39. The first-order valence-corrected chi connectivity index (χ1v) is 10.2. The Morgan fingerprint density at radius 2 is 2.12 bits per heavy atom. The number of ether oxygens (including phenoxy) is 1. The van der Waals surface area contributed by atoms with Crippen molar-refractivity contribution in [3.8, 4) is 0 Å². The van der Waals surface area contributed by atoms with Crippen LogP contribution in [0.5, 0.6) is 0 Å². The first-order chi connectivity index (χ1) is 12.5. The predicted molar refractivity (Wildman–Crippen MR) is 102 cm³/mol. The Hall–Kier alpha value is -1.61. The lowest BCUT2D eigenvalue weighted by atomic mass is 9.55. The number of nitrogens with two attached hydrogens (primary N) is 1. The normalized spacial score (nSPS) is 37.6. The second kappa shape index (κ2) is 6.84. The minimum atomic E-state index is 0.0318. The van der Waals surface area contributed by atoms with Gasteiger partial charge in [-0.05, 0) is 50.4 Å². The van der Waals surface area contributed by atoms with Crippen molar-refractivity contribution in [1.29, 1.82) is 0 Å². The summed E-state index contributed by atoms with van der Waals surface area (Å²) in [7, 11) is 0. The van der Waals surface area contributed by atoms with E-state index in [-0.39, 0.29) is 23.4 Å². The van der Waals surface area contributed by atoms with E-state index in [0.717, 1.165) is 25.8 Å². The van der Waals surface area contributed by atoms with Crippen LogP contribution in [0.1, 0.15) is 57.6 Å². The molecule has 3 nitrogen and oxygen atoms in total. The monoisotopic (exact) mass is 354 g/mol. The molecular formula is C23H32NO2+. The molecule has 0 unspecified atom stereocenters. The fourth-order valence-electron chi connectivity index (χ4n) is 5.77. The zero-order valence-electron chi connectivity index (χ0n) is 16.1. The van der Waals surface area contributed by atoms with Crippen LogP contribution in [0.25, 0.3) is 0 Å². The van der Waals surface area contributed by atoms with E-state index < -0.39 is 0 Å². The molecule has 0 aromatic heterocycles. The highest BCUT2D eigenvalue weighted by atomic mass is 16.6. The number of quaternary nitrogens is 1. The van der Waals surface area contributed by atoms with E-state index in [0.29, 0.717) is 17.9 Å². The Balaban J connectivity index is 1.45. The highest BCUT2D eigenvalue weighted by molar-refractivity contribution is 5.75. The number of carbonyl (C=O) groups is 1. The SMILES string of the molecule is C=C1CCC[C@]2(C)C[C@H]3OC(=O)[C@H](C[NH2+][C@@H](C)c4ccccc4)[C@H]3C[C@@H]12. The maximum atomic E-state index is 12.6.